The van der Waals surface area contributed by atoms with Crippen LogP contribution in [0.3, 0.4) is 0 Å². The molecule has 94 valence electrons. The summed E-state index contributed by atoms with van der Waals surface area (Å²) in [5.41, 5.74) is 6.51. The van der Waals surface area contributed by atoms with Gasteiger partial charge in [-0.15, -0.1) is 11.3 Å². The molecule has 0 unspecified atom stereocenters. The number of thiophene rings is 1. The summed E-state index contributed by atoms with van der Waals surface area (Å²) in [6.07, 6.45) is 0. The summed E-state index contributed by atoms with van der Waals surface area (Å²) in [5, 5.41) is 2.58. The number of hydrogen-bond acceptors (Lipinski definition) is 3. The Morgan fingerprint density at radius 3 is 2.50 bits per heavy atom. The smallest absolute Gasteiger partial charge is 0.304 e. The zero-order valence-electron chi connectivity index (χ0n) is 9.04. The van der Waals surface area contributed by atoms with Crippen LogP contribution < -0.4 is 16.2 Å². The molecular formula is C11H9Cl2N3OS. The molecule has 2 aromatic rings. The third kappa shape index (κ3) is 3.53. The SMILES string of the molecule is O=C(NNc1ccccc1)Nc1cc(Cl)sc1Cl. The summed E-state index contributed by atoms with van der Waals surface area (Å²) < 4.78 is 0.959. The van der Waals surface area contributed by atoms with Crippen molar-refractivity contribution in [1.29, 1.82) is 0 Å². The fraction of sp³-hybridized carbons (Fsp3) is 0. The lowest BCUT2D eigenvalue weighted by Crippen LogP contribution is -2.33. The predicted octanol–water partition coefficient (Wildman–Crippen LogP) is 4.20. The zero-order chi connectivity index (χ0) is 13.0. The van der Waals surface area contributed by atoms with Gasteiger partial charge in [-0.1, -0.05) is 41.4 Å². The van der Waals surface area contributed by atoms with E-state index in [-0.39, 0.29) is 0 Å². The van der Waals surface area contributed by atoms with Crippen LogP contribution in [0.1, 0.15) is 0 Å². The van der Waals surface area contributed by atoms with Crippen molar-refractivity contribution in [2.45, 2.75) is 0 Å². The molecule has 0 bridgehead atoms. The van der Waals surface area contributed by atoms with Crippen LogP contribution in [0.25, 0.3) is 0 Å². The summed E-state index contributed by atoms with van der Waals surface area (Å²) in [4.78, 5) is 11.6. The minimum atomic E-state index is -0.421. The van der Waals surface area contributed by atoms with E-state index in [0.717, 1.165) is 5.69 Å². The Kier molecular flexibility index (Phi) is 4.30. The van der Waals surface area contributed by atoms with Crippen LogP contribution in [0.5, 0.6) is 0 Å². The van der Waals surface area contributed by atoms with Gasteiger partial charge in [0.2, 0.25) is 0 Å². The summed E-state index contributed by atoms with van der Waals surface area (Å²) in [7, 11) is 0. The number of hydrazine groups is 1. The van der Waals surface area contributed by atoms with E-state index < -0.39 is 6.03 Å². The number of urea groups is 1. The van der Waals surface area contributed by atoms with Crippen LogP contribution in [-0.2, 0) is 0 Å². The van der Waals surface area contributed by atoms with Crippen LogP contribution >= 0.6 is 34.5 Å². The molecule has 0 saturated carbocycles. The van der Waals surface area contributed by atoms with Gasteiger partial charge < -0.3 is 5.32 Å². The van der Waals surface area contributed by atoms with Crippen LogP contribution in [-0.4, -0.2) is 6.03 Å². The highest BCUT2D eigenvalue weighted by molar-refractivity contribution is 7.20. The number of rotatable bonds is 3. The summed E-state index contributed by atoms with van der Waals surface area (Å²) in [6.45, 7) is 0. The lowest BCUT2D eigenvalue weighted by molar-refractivity contribution is 0.254. The lowest BCUT2D eigenvalue weighted by Gasteiger charge is -2.08. The summed E-state index contributed by atoms with van der Waals surface area (Å²) in [6, 6.07) is 10.4. The van der Waals surface area contributed by atoms with Crippen LogP contribution in [0.4, 0.5) is 16.2 Å². The zero-order valence-corrected chi connectivity index (χ0v) is 11.4. The van der Waals surface area contributed by atoms with Gasteiger partial charge in [-0.3, -0.25) is 10.9 Å². The van der Waals surface area contributed by atoms with Crippen LogP contribution in [0.15, 0.2) is 36.4 Å². The van der Waals surface area contributed by atoms with Gasteiger partial charge in [0.05, 0.1) is 15.7 Å². The summed E-state index contributed by atoms with van der Waals surface area (Å²) in [5.74, 6) is 0. The molecule has 0 spiro atoms. The first-order valence-corrected chi connectivity index (χ1v) is 6.55. The molecule has 3 N–H and O–H groups in total. The van der Waals surface area contributed by atoms with E-state index in [1.165, 1.54) is 11.3 Å². The van der Waals surface area contributed by atoms with Crippen molar-refractivity contribution >= 4 is 51.9 Å². The normalized spacial score (nSPS) is 9.89. The van der Waals surface area contributed by atoms with Crippen LogP contribution in [0, 0.1) is 0 Å². The van der Waals surface area contributed by atoms with E-state index in [1.807, 2.05) is 30.3 Å². The molecule has 1 heterocycles. The van der Waals surface area contributed by atoms with Gasteiger partial charge in [0.15, 0.2) is 0 Å². The van der Waals surface area contributed by atoms with E-state index >= 15 is 0 Å². The summed E-state index contributed by atoms with van der Waals surface area (Å²) >= 11 is 12.8. The molecule has 0 saturated heterocycles. The maximum Gasteiger partial charge on any atom is 0.337 e. The van der Waals surface area contributed by atoms with E-state index in [9.17, 15) is 4.79 Å². The van der Waals surface area contributed by atoms with Crippen molar-refractivity contribution in [3.63, 3.8) is 0 Å². The Bertz CT molecular complexity index is 544. The minimum Gasteiger partial charge on any atom is -0.304 e. The van der Waals surface area contributed by atoms with E-state index in [1.54, 1.807) is 6.07 Å². The minimum absolute atomic E-state index is 0.421. The van der Waals surface area contributed by atoms with Crippen molar-refractivity contribution < 1.29 is 4.79 Å². The highest BCUT2D eigenvalue weighted by Gasteiger charge is 2.08. The molecule has 0 fully saturated rings. The second-order valence-corrected chi connectivity index (χ2v) is 5.59. The maximum atomic E-state index is 11.6. The quantitative estimate of drug-likeness (QED) is 0.744. The number of anilines is 2. The average molecular weight is 302 g/mol. The Morgan fingerprint density at radius 1 is 1.17 bits per heavy atom. The third-order valence-electron chi connectivity index (χ3n) is 2.00. The molecule has 7 heteroatoms. The van der Waals surface area contributed by atoms with Gasteiger partial charge in [-0.05, 0) is 18.2 Å². The molecule has 0 aliphatic rings. The molecule has 18 heavy (non-hydrogen) atoms. The number of hydrogen-bond donors (Lipinski definition) is 3. The Balaban J connectivity index is 1.88. The first-order chi connectivity index (χ1) is 8.65. The second-order valence-electron chi connectivity index (χ2n) is 3.31. The molecular weight excluding hydrogens is 293 g/mol. The first kappa shape index (κ1) is 13.0. The molecule has 1 aromatic heterocycles. The average Bonchev–Trinajstić information content (AvgIpc) is 2.67. The van der Waals surface area contributed by atoms with E-state index in [2.05, 4.69) is 16.2 Å². The molecule has 0 radical (unpaired) electrons. The van der Waals surface area contributed by atoms with Crippen molar-refractivity contribution in [2.75, 3.05) is 10.7 Å². The van der Waals surface area contributed by atoms with Gasteiger partial charge in [0.25, 0.3) is 0 Å². The third-order valence-corrected chi connectivity index (χ3v) is 3.49. The van der Waals surface area contributed by atoms with E-state index in [4.69, 9.17) is 23.2 Å². The van der Waals surface area contributed by atoms with Gasteiger partial charge in [-0.2, -0.15) is 0 Å². The van der Waals surface area contributed by atoms with Gasteiger partial charge in [0, 0.05) is 0 Å². The predicted molar refractivity (Wildman–Crippen MR) is 76.6 cm³/mol. The maximum absolute atomic E-state index is 11.6. The van der Waals surface area contributed by atoms with Crippen LogP contribution in [0.2, 0.25) is 8.67 Å². The number of benzene rings is 1. The highest BCUT2D eigenvalue weighted by atomic mass is 35.5. The first-order valence-electron chi connectivity index (χ1n) is 4.98. The molecule has 0 aliphatic carbocycles. The van der Waals surface area contributed by atoms with Gasteiger partial charge >= 0.3 is 6.03 Å². The fourth-order valence-corrected chi connectivity index (χ4v) is 2.61. The van der Waals surface area contributed by atoms with E-state index in [0.29, 0.717) is 14.4 Å². The largest absolute Gasteiger partial charge is 0.337 e. The Hall–Kier alpha value is -1.43. The van der Waals surface area contributed by atoms with Crippen molar-refractivity contribution in [3.8, 4) is 0 Å². The number of halogens is 2. The van der Waals surface area contributed by atoms with Crippen molar-refractivity contribution in [2.24, 2.45) is 0 Å². The number of nitrogens with one attached hydrogen (secondary N) is 3. The highest BCUT2D eigenvalue weighted by Crippen LogP contribution is 2.34. The number of carbonyl (C=O) groups is 1. The van der Waals surface area contributed by atoms with Gasteiger partial charge in [0.1, 0.15) is 4.34 Å². The number of para-hydroxylation sites is 1. The number of amides is 2. The fourth-order valence-electron chi connectivity index (χ4n) is 1.23. The van der Waals surface area contributed by atoms with Crippen molar-refractivity contribution in [1.82, 2.24) is 5.43 Å². The van der Waals surface area contributed by atoms with Gasteiger partial charge in [-0.25, -0.2) is 4.79 Å². The number of carbonyl (C=O) groups excluding carboxylic acids is 1. The molecule has 4 nitrogen and oxygen atoms in total. The Labute approximate surface area is 118 Å². The topological polar surface area (TPSA) is 53.2 Å². The molecule has 0 aliphatic heterocycles. The lowest BCUT2D eigenvalue weighted by atomic mass is 10.3. The molecule has 1 aromatic carbocycles. The molecule has 2 rings (SSSR count). The molecule has 0 atom stereocenters. The monoisotopic (exact) mass is 301 g/mol. The Morgan fingerprint density at radius 2 is 1.89 bits per heavy atom. The molecule has 2 amide bonds. The second kappa shape index (κ2) is 5.95. The van der Waals surface area contributed by atoms with Crippen molar-refractivity contribution in [3.05, 3.63) is 45.1 Å². The standard InChI is InChI=1S/C11H9Cl2N3OS/c12-9-6-8(10(13)18-9)14-11(17)16-15-7-4-2-1-3-5-7/h1-6,15H,(H2,14,16,17).